The zero-order valence-corrected chi connectivity index (χ0v) is 12.0. The molecule has 1 heterocycles. The van der Waals surface area contributed by atoms with Gasteiger partial charge in [-0.05, 0) is 18.9 Å². The maximum Gasteiger partial charge on any atom is 0.255 e. The number of rotatable bonds is 4. The van der Waals surface area contributed by atoms with E-state index in [9.17, 15) is 4.79 Å². The minimum absolute atomic E-state index is 0.0874. The van der Waals surface area contributed by atoms with Gasteiger partial charge in [0.15, 0.2) is 0 Å². The summed E-state index contributed by atoms with van der Waals surface area (Å²) in [4.78, 5) is 16.3. The van der Waals surface area contributed by atoms with Crippen LogP contribution >= 0.6 is 15.9 Å². The Morgan fingerprint density at radius 2 is 2.28 bits per heavy atom. The van der Waals surface area contributed by atoms with Crippen LogP contribution in [0.4, 0.5) is 0 Å². The number of nitrogens with one attached hydrogen (secondary N) is 1. The molecule has 0 unspecified atom stereocenters. The third-order valence-corrected chi connectivity index (χ3v) is 4.52. The van der Waals surface area contributed by atoms with Gasteiger partial charge in [0, 0.05) is 11.5 Å². The Morgan fingerprint density at radius 3 is 2.89 bits per heavy atom. The molecule has 2 rings (SSSR count). The molecule has 0 saturated heterocycles. The number of methoxy groups -OCH3 is 1. The zero-order chi connectivity index (χ0) is 13.0. The number of carbonyl (C=O) groups excluding carboxylic acids is 1. The van der Waals surface area contributed by atoms with Crippen LogP contribution in [-0.2, 0) is 0 Å². The van der Waals surface area contributed by atoms with Crippen LogP contribution in [0.1, 0.15) is 36.0 Å². The average Bonchev–Trinajstić information content (AvgIpc) is 2.87. The number of pyridine rings is 1. The maximum atomic E-state index is 12.3. The Bertz CT molecular complexity index is 431. The fraction of sp³-hybridized carbons (Fsp3) is 0.538. The highest BCUT2D eigenvalue weighted by Crippen LogP contribution is 2.32. The summed E-state index contributed by atoms with van der Waals surface area (Å²) in [6, 6.07) is 1.69. The van der Waals surface area contributed by atoms with Gasteiger partial charge in [-0.15, -0.1) is 0 Å². The number of nitrogens with zero attached hydrogens (tertiary/aromatic N) is 1. The topological polar surface area (TPSA) is 51.2 Å². The van der Waals surface area contributed by atoms with E-state index in [2.05, 4.69) is 26.2 Å². The quantitative estimate of drug-likeness (QED) is 0.869. The van der Waals surface area contributed by atoms with Crippen molar-refractivity contribution in [2.24, 2.45) is 0 Å². The van der Waals surface area contributed by atoms with Gasteiger partial charge >= 0.3 is 0 Å². The van der Waals surface area contributed by atoms with E-state index in [0.29, 0.717) is 11.3 Å². The first-order chi connectivity index (χ1) is 8.71. The van der Waals surface area contributed by atoms with Crippen LogP contribution in [0.15, 0.2) is 18.5 Å². The summed E-state index contributed by atoms with van der Waals surface area (Å²) in [6.45, 7) is 0. The monoisotopic (exact) mass is 312 g/mol. The van der Waals surface area contributed by atoms with Crippen molar-refractivity contribution in [1.29, 1.82) is 0 Å². The van der Waals surface area contributed by atoms with E-state index in [4.69, 9.17) is 4.74 Å². The molecule has 0 aliphatic heterocycles. The van der Waals surface area contributed by atoms with Crippen molar-refractivity contribution >= 4 is 21.8 Å². The fourth-order valence-electron chi connectivity index (χ4n) is 2.38. The van der Waals surface area contributed by atoms with Crippen molar-refractivity contribution in [2.45, 2.75) is 31.2 Å². The minimum Gasteiger partial charge on any atom is -0.494 e. The number of alkyl halides is 1. The van der Waals surface area contributed by atoms with Gasteiger partial charge in [0.25, 0.3) is 5.91 Å². The molecular weight excluding hydrogens is 296 g/mol. The Hall–Kier alpha value is -1.10. The molecule has 1 aliphatic carbocycles. The van der Waals surface area contributed by atoms with E-state index in [1.807, 2.05) is 0 Å². The van der Waals surface area contributed by atoms with E-state index in [1.165, 1.54) is 12.8 Å². The number of aromatic nitrogens is 1. The van der Waals surface area contributed by atoms with Gasteiger partial charge in [0.05, 0.1) is 24.4 Å². The summed E-state index contributed by atoms with van der Waals surface area (Å²) in [7, 11) is 1.55. The SMILES string of the molecule is COc1cnccc1C(=O)NC1(CBr)CCCC1. The van der Waals surface area contributed by atoms with E-state index in [1.54, 1.807) is 25.6 Å². The fourth-order valence-corrected chi connectivity index (χ4v) is 3.08. The molecule has 1 amide bonds. The lowest BCUT2D eigenvalue weighted by Gasteiger charge is -2.28. The third-order valence-electron chi connectivity index (χ3n) is 3.44. The smallest absolute Gasteiger partial charge is 0.255 e. The second-order valence-electron chi connectivity index (χ2n) is 4.65. The zero-order valence-electron chi connectivity index (χ0n) is 10.4. The highest BCUT2D eigenvalue weighted by molar-refractivity contribution is 9.09. The summed E-state index contributed by atoms with van der Waals surface area (Å²) in [5.41, 5.74) is 0.436. The molecule has 0 spiro atoms. The van der Waals surface area contributed by atoms with E-state index >= 15 is 0 Å². The largest absolute Gasteiger partial charge is 0.494 e. The molecule has 98 valence electrons. The number of ether oxygens (including phenoxy) is 1. The van der Waals surface area contributed by atoms with Crippen molar-refractivity contribution in [3.05, 3.63) is 24.0 Å². The Morgan fingerprint density at radius 1 is 1.56 bits per heavy atom. The van der Waals surface area contributed by atoms with Crippen LogP contribution in [-0.4, -0.2) is 28.9 Å². The van der Waals surface area contributed by atoms with Crippen LogP contribution in [0.5, 0.6) is 5.75 Å². The van der Waals surface area contributed by atoms with Gasteiger partial charge < -0.3 is 10.1 Å². The van der Waals surface area contributed by atoms with Crippen molar-refractivity contribution < 1.29 is 9.53 Å². The highest BCUT2D eigenvalue weighted by Gasteiger charge is 2.34. The number of carbonyl (C=O) groups is 1. The van der Waals surface area contributed by atoms with Gasteiger partial charge in [-0.25, -0.2) is 0 Å². The van der Waals surface area contributed by atoms with E-state index in [0.717, 1.165) is 18.2 Å². The second kappa shape index (κ2) is 5.69. The molecular formula is C13H17BrN2O2. The van der Waals surface area contributed by atoms with Gasteiger partial charge in [0.2, 0.25) is 0 Å². The first-order valence-electron chi connectivity index (χ1n) is 6.07. The minimum atomic E-state index is -0.106. The molecule has 0 atom stereocenters. The molecule has 0 bridgehead atoms. The molecule has 5 heteroatoms. The van der Waals surface area contributed by atoms with Crippen molar-refractivity contribution in [2.75, 3.05) is 12.4 Å². The van der Waals surface area contributed by atoms with Crippen LogP contribution < -0.4 is 10.1 Å². The van der Waals surface area contributed by atoms with Crippen LogP contribution in [0.25, 0.3) is 0 Å². The lowest BCUT2D eigenvalue weighted by Crippen LogP contribution is -2.47. The molecule has 0 radical (unpaired) electrons. The predicted octanol–water partition coefficient (Wildman–Crippen LogP) is 2.53. The summed E-state index contributed by atoms with van der Waals surface area (Å²) in [5.74, 6) is 0.424. The molecule has 1 N–H and O–H groups in total. The van der Waals surface area contributed by atoms with Crippen LogP contribution in [0, 0.1) is 0 Å². The first kappa shape index (κ1) is 13.3. The van der Waals surface area contributed by atoms with Crippen molar-refractivity contribution in [3.8, 4) is 5.75 Å². The number of amides is 1. The Labute approximate surface area is 115 Å². The van der Waals surface area contributed by atoms with Gasteiger partial charge in [0.1, 0.15) is 5.75 Å². The van der Waals surface area contributed by atoms with Gasteiger partial charge in [-0.3, -0.25) is 9.78 Å². The Kier molecular flexibility index (Phi) is 4.22. The van der Waals surface area contributed by atoms with Crippen LogP contribution in [0.3, 0.4) is 0 Å². The van der Waals surface area contributed by atoms with Crippen molar-refractivity contribution in [3.63, 3.8) is 0 Å². The van der Waals surface area contributed by atoms with Crippen LogP contribution in [0.2, 0.25) is 0 Å². The predicted molar refractivity (Wildman–Crippen MR) is 73.2 cm³/mol. The molecule has 0 aromatic carbocycles. The summed E-state index contributed by atoms with van der Waals surface area (Å²) >= 11 is 3.51. The lowest BCUT2D eigenvalue weighted by molar-refractivity contribution is 0.0907. The molecule has 1 saturated carbocycles. The molecule has 1 aliphatic rings. The Balaban J connectivity index is 2.16. The summed E-state index contributed by atoms with van der Waals surface area (Å²) < 4.78 is 5.16. The van der Waals surface area contributed by atoms with Crippen molar-refractivity contribution in [1.82, 2.24) is 10.3 Å². The van der Waals surface area contributed by atoms with Gasteiger partial charge in [-0.1, -0.05) is 28.8 Å². The molecule has 1 aromatic rings. The van der Waals surface area contributed by atoms with Gasteiger partial charge in [-0.2, -0.15) is 0 Å². The number of hydrogen-bond acceptors (Lipinski definition) is 3. The molecule has 1 fully saturated rings. The summed E-state index contributed by atoms with van der Waals surface area (Å²) in [5, 5.41) is 3.93. The lowest BCUT2D eigenvalue weighted by atomic mass is 10.00. The van der Waals surface area contributed by atoms with E-state index in [-0.39, 0.29) is 11.4 Å². The number of hydrogen-bond donors (Lipinski definition) is 1. The normalized spacial score (nSPS) is 17.4. The average molecular weight is 313 g/mol. The molecule has 18 heavy (non-hydrogen) atoms. The maximum absolute atomic E-state index is 12.3. The highest BCUT2D eigenvalue weighted by atomic mass is 79.9. The first-order valence-corrected chi connectivity index (χ1v) is 7.19. The second-order valence-corrected chi connectivity index (χ2v) is 5.21. The number of halogens is 1. The standard InChI is InChI=1S/C13H17BrN2O2/c1-18-11-8-15-7-4-10(11)12(17)16-13(9-14)5-2-3-6-13/h4,7-8H,2-3,5-6,9H2,1H3,(H,16,17). The van der Waals surface area contributed by atoms with E-state index < -0.39 is 0 Å². The third kappa shape index (κ3) is 2.66. The summed E-state index contributed by atoms with van der Waals surface area (Å²) in [6.07, 6.45) is 7.55. The molecule has 1 aromatic heterocycles. The molecule has 4 nitrogen and oxygen atoms in total.